The molecular weight excluding hydrogens is 218 g/mol. The summed E-state index contributed by atoms with van der Waals surface area (Å²) >= 11 is 0. The molecule has 17 heavy (non-hydrogen) atoms. The summed E-state index contributed by atoms with van der Waals surface area (Å²) in [4.78, 5) is 11.8. The van der Waals surface area contributed by atoms with Crippen LogP contribution in [0.3, 0.4) is 0 Å². The molecule has 0 heterocycles. The van der Waals surface area contributed by atoms with E-state index in [1.165, 1.54) is 7.11 Å². The molecule has 0 bridgehead atoms. The van der Waals surface area contributed by atoms with Crippen LogP contribution in [0.15, 0.2) is 0 Å². The third-order valence-electron chi connectivity index (χ3n) is 3.09. The van der Waals surface area contributed by atoms with Crippen molar-refractivity contribution in [3.05, 3.63) is 0 Å². The highest BCUT2D eigenvalue weighted by molar-refractivity contribution is 5.80. The van der Waals surface area contributed by atoms with E-state index in [2.05, 4.69) is 12.2 Å². The van der Waals surface area contributed by atoms with Crippen molar-refractivity contribution < 1.29 is 14.3 Å². The number of methoxy groups -OCH3 is 1. The summed E-state index contributed by atoms with van der Waals surface area (Å²) < 4.78 is 10.6. The van der Waals surface area contributed by atoms with E-state index in [0.29, 0.717) is 12.6 Å². The van der Waals surface area contributed by atoms with Crippen LogP contribution in [0, 0.1) is 0 Å². The minimum atomic E-state index is -0.710. The quantitative estimate of drug-likeness (QED) is 0.661. The Morgan fingerprint density at radius 3 is 2.65 bits per heavy atom. The van der Waals surface area contributed by atoms with E-state index in [1.807, 2.05) is 13.8 Å². The minimum Gasteiger partial charge on any atom is -0.468 e. The van der Waals surface area contributed by atoms with Crippen LogP contribution in [0.5, 0.6) is 0 Å². The third-order valence-corrected chi connectivity index (χ3v) is 3.09. The molecule has 1 aliphatic carbocycles. The van der Waals surface area contributed by atoms with E-state index < -0.39 is 5.54 Å². The first kappa shape index (κ1) is 14.5. The molecule has 1 saturated carbocycles. The van der Waals surface area contributed by atoms with E-state index >= 15 is 0 Å². The second-order valence-corrected chi connectivity index (χ2v) is 5.15. The minimum absolute atomic E-state index is 0.185. The summed E-state index contributed by atoms with van der Waals surface area (Å²) in [6, 6.07) is 0.448. The summed E-state index contributed by atoms with van der Waals surface area (Å²) in [5, 5.41) is 3.32. The van der Waals surface area contributed by atoms with Gasteiger partial charge in [0.15, 0.2) is 0 Å². The molecule has 4 nitrogen and oxygen atoms in total. The second kappa shape index (κ2) is 6.36. The summed E-state index contributed by atoms with van der Waals surface area (Å²) in [5.74, 6) is -0.243. The van der Waals surface area contributed by atoms with Crippen LogP contribution in [-0.2, 0) is 14.3 Å². The molecule has 1 fully saturated rings. The number of esters is 1. The van der Waals surface area contributed by atoms with Crippen LogP contribution in [-0.4, -0.2) is 37.4 Å². The first-order valence-corrected chi connectivity index (χ1v) is 6.49. The number of hydrogen-bond acceptors (Lipinski definition) is 4. The molecule has 0 aromatic heterocycles. The molecule has 1 rings (SSSR count). The zero-order chi connectivity index (χ0) is 12.9. The average Bonchev–Trinajstić information content (AvgIpc) is 3.09. The molecule has 100 valence electrons. The van der Waals surface area contributed by atoms with Gasteiger partial charge in [-0.3, -0.25) is 5.32 Å². The van der Waals surface area contributed by atoms with Crippen molar-refractivity contribution in [3.8, 4) is 0 Å². The van der Waals surface area contributed by atoms with Gasteiger partial charge in [-0.15, -0.1) is 0 Å². The van der Waals surface area contributed by atoms with Crippen molar-refractivity contribution >= 4 is 5.97 Å². The Kier molecular flexibility index (Phi) is 5.40. The lowest BCUT2D eigenvalue weighted by atomic mass is 10.0. The molecule has 0 aromatic rings. The smallest absolute Gasteiger partial charge is 0.328 e. The Bertz CT molecular complexity index is 253. The molecule has 1 aliphatic rings. The molecule has 0 radical (unpaired) electrons. The molecule has 0 amide bonds. The lowest BCUT2D eigenvalue weighted by Gasteiger charge is -2.29. The lowest BCUT2D eigenvalue weighted by Crippen LogP contribution is -2.55. The van der Waals surface area contributed by atoms with Crippen LogP contribution in [0.4, 0.5) is 0 Å². The monoisotopic (exact) mass is 243 g/mol. The van der Waals surface area contributed by atoms with E-state index in [9.17, 15) is 4.79 Å². The molecule has 0 aromatic carbocycles. The lowest BCUT2D eigenvalue weighted by molar-refractivity contribution is -0.151. The Hall–Kier alpha value is -0.610. The zero-order valence-electron chi connectivity index (χ0n) is 11.4. The predicted octanol–water partition coefficient (Wildman–Crippen LogP) is 1.88. The van der Waals surface area contributed by atoms with Crippen LogP contribution in [0.1, 0.15) is 46.5 Å². The number of ether oxygens (including phenoxy) is 2. The van der Waals surface area contributed by atoms with Crippen molar-refractivity contribution in [1.29, 1.82) is 0 Å². The number of nitrogens with one attached hydrogen (secondary N) is 1. The van der Waals surface area contributed by atoms with Gasteiger partial charge in [0, 0.05) is 6.04 Å². The van der Waals surface area contributed by atoms with Gasteiger partial charge in [-0.1, -0.05) is 13.3 Å². The summed E-state index contributed by atoms with van der Waals surface area (Å²) in [7, 11) is 1.42. The molecule has 2 atom stereocenters. The van der Waals surface area contributed by atoms with Crippen LogP contribution >= 0.6 is 0 Å². The van der Waals surface area contributed by atoms with Gasteiger partial charge in [-0.2, -0.15) is 0 Å². The van der Waals surface area contributed by atoms with Crippen molar-refractivity contribution in [2.75, 3.05) is 13.7 Å². The maximum absolute atomic E-state index is 11.8. The predicted molar refractivity (Wildman–Crippen MR) is 66.9 cm³/mol. The fourth-order valence-electron chi connectivity index (χ4n) is 1.86. The van der Waals surface area contributed by atoms with Crippen molar-refractivity contribution in [3.63, 3.8) is 0 Å². The second-order valence-electron chi connectivity index (χ2n) is 5.15. The molecule has 0 saturated heterocycles. The molecule has 0 spiro atoms. The van der Waals surface area contributed by atoms with Gasteiger partial charge in [-0.25, -0.2) is 4.79 Å². The first-order valence-electron chi connectivity index (χ1n) is 6.49. The SMILES string of the molecule is CCCC(C)OCC(C)(NC1CC1)C(=O)OC. The number of rotatable bonds is 8. The van der Waals surface area contributed by atoms with Crippen molar-refractivity contribution in [1.82, 2.24) is 5.32 Å². The van der Waals surface area contributed by atoms with Crippen molar-refractivity contribution in [2.45, 2.75) is 64.1 Å². The number of carbonyl (C=O) groups is 1. The highest BCUT2D eigenvalue weighted by Crippen LogP contribution is 2.23. The standard InChI is InChI=1S/C13H25NO3/c1-5-6-10(2)17-9-13(3,12(15)16-4)14-11-7-8-11/h10-11,14H,5-9H2,1-4H3. The van der Waals surface area contributed by atoms with Crippen LogP contribution < -0.4 is 5.32 Å². The Labute approximate surface area is 104 Å². The van der Waals surface area contributed by atoms with Gasteiger partial charge in [0.2, 0.25) is 0 Å². The number of carbonyl (C=O) groups excluding carboxylic acids is 1. The van der Waals surface area contributed by atoms with E-state index in [-0.39, 0.29) is 12.1 Å². The normalized spacial score (nSPS) is 20.7. The largest absolute Gasteiger partial charge is 0.468 e. The molecule has 1 N–H and O–H groups in total. The van der Waals surface area contributed by atoms with Gasteiger partial charge in [0.05, 0.1) is 19.8 Å². The molecule has 4 heteroatoms. The maximum Gasteiger partial charge on any atom is 0.328 e. The Morgan fingerprint density at radius 1 is 1.53 bits per heavy atom. The van der Waals surface area contributed by atoms with E-state index in [1.54, 1.807) is 0 Å². The fourth-order valence-corrected chi connectivity index (χ4v) is 1.86. The zero-order valence-corrected chi connectivity index (χ0v) is 11.4. The van der Waals surface area contributed by atoms with Gasteiger partial charge in [-0.05, 0) is 33.1 Å². The molecule has 2 unspecified atom stereocenters. The topological polar surface area (TPSA) is 47.6 Å². The fraction of sp³-hybridized carbons (Fsp3) is 0.923. The highest BCUT2D eigenvalue weighted by Gasteiger charge is 2.40. The average molecular weight is 243 g/mol. The highest BCUT2D eigenvalue weighted by atomic mass is 16.5. The van der Waals surface area contributed by atoms with Crippen LogP contribution in [0.2, 0.25) is 0 Å². The van der Waals surface area contributed by atoms with Gasteiger partial charge < -0.3 is 9.47 Å². The third kappa shape index (κ3) is 4.64. The number of hydrogen-bond donors (Lipinski definition) is 1. The van der Waals surface area contributed by atoms with Gasteiger partial charge >= 0.3 is 5.97 Å². The van der Waals surface area contributed by atoms with Gasteiger partial charge in [0.25, 0.3) is 0 Å². The Balaban J connectivity index is 2.47. The van der Waals surface area contributed by atoms with E-state index in [0.717, 1.165) is 25.7 Å². The summed E-state index contributed by atoms with van der Waals surface area (Å²) in [6.07, 6.45) is 4.56. The van der Waals surface area contributed by atoms with Crippen molar-refractivity contribution in [2.24, 2.45) is 0 Å². The molecule has 0 aliphatic heterocycles. The Morgan fingerprint density at radius 2 is 2.18 bits per heavy atom. The maximum atomic E-state index is 11.8. The molecular formula is C13H25NO3. The van der Waals surface area contributed by atoms with Crippen LogP contribution in [0.25, 0.3) is 0 Å². The van der Waals surface area contributed by atoms with E-state index in [4.69, 9.17) is 9.47 Å². The van der Waals surface area contributed by atoms with Gasteiger partial charge in [0.1, 0.15) is 5.54 Å². The summed E-state index contributed by atoms with van der Waals surface area (Å²) in [6.45, 7) is 6.40. The summed E-state index contributed by atoms with van der Waals surface area (Å²) in [5.41, 5.74) is -0.710. The first-order chi connectivity index (χ1) is 8.01.